The Hall–Kier alpha value is -1.16. The van der Waals surface area contributed by atoms with Crippen LogP contribution < -0.4 is 4.74 Å². The molecule has 0 N–H and O–H groups in total. The summed E-state index contributed by atoms with van der Waals surface area (Å²) >= 11 is 1.83. The van der Waals surface area contributed by atoms with Crippen molar-refractivity contribution in [2.24, 2.45) is 0 Å². The van der Waals surface area contributed by atoms with Gasteiger partial charge in [-0.05, 0) is 49.8 Å². The summed E-state index contributed by atoms with van der Waals surface area (Å²) in [7, 11) is 0. The highest BCUT2D eigenvalue weighted by Gasteiger charge is 2.06. The van der Waals surface area contributed by atoms with Crippen molar-refractivity contribution in [3.63, 3.8) is 0 Å². The maximum atomic E-state index is 11.2. The summed E-state index contributed by atoms with van der Waals surface area (Å²) in [5, 5.41) is 0. The molecule has 0 amide bonds. The van der Waals surface area contributed by atoms with E-state index in [9.17, 15) is 4.79 Å². The number of esters is 1. The van der Waals surface area contributed by atoms with E-state index in [1.165, 1.54) is 4.90 Å². The molecule has 100 valence electrons. The number of hydrogen-bond acceptors (Lipinski definition) is 4. The zero-order valence-corrected chi connectivity index (χ0v) is 12.0. The van der Waals surface area contributed by atoms with Gasteiger partial charge in [0.1, 0.15) is 5.75 Å². The van der Waals surface area contributed by atoms with E-state index in [1.807, 2.05) is 30.8 Å². The van der Waals surface area contributed by atoms with Gasteiger partial charge in [0.2, 0.25) is 0 Å². The van der Waals surface area contributed by atoms with Gasteiger partial charge in [0, 0.05) is 4.90 Å². The van der Waals surface area contributed by atoms with Crippen LogP contribution in [0.2, 0.25) is 0 Å². The highest BCUT2D eigenvalue weighted by atomic mass is 32.2. The number of benzene rings is 1. The van der Waals surface area contributed by atoms with E-state index in [0.717, 1.165) is 23.5 Å². The molecule has 0 fully saturated rings. The van der Waals surface area contributed by atoms with Crippen LogP contribution in [0, 0.1) is 6.92 Å². The highest BCUT2D eigenvalue weighted by Crippen LogP contribution is 2.25. The first-order chi connectivity index (χ1) is 8.67. The first-order valence-corrected chi connectivity index (χ1v) is 7.17. The molecule has 0 aliphatic rings. The van der Waals surface area contributed by atoms with Crippen molar-refractivity contribution >= 4 is 17.7 Å². The summed E-state index contributed by atoms with van der Waals surface area (Å²) in [5.74, 6) is 1.52. The second kappa shape index (κ2) is 8.03. The van der Waals surface area contributed by atoms with Crippen LogP contribution in [-0.2, 0) is 9.53 Å². The van der Waals surface area contributed by atoms with Gasteiger partial charge in [-0.15, -0.1) is 11.8 Å². The van der Waals surface area contributed by atoms with Gasteiger partial charge < -0.3 is 9.47 Å². The molecule has 1 aromatic rings. The number of aryl methyl sites for hydroxylation is 1. The summed E-state index contributed by atoms with van der Waals surface area (Å²) in [4.78, 5) is 12.4. The number of carbonyl (C=O) groups is 1. The Morgan fingerprint density at radius 3 is 2.72 bits per heavy atom. The van der Waals surface area contributed by atoms with Crippen molar-refractivity contribution in [1.29, 1.82) is 0 Å². The molecule has 0 unspecified atom stereocenters. The first kappa shape index (κ1) is 14.9. The van der Waals surface area contributed by atoms with Crippen molar-refractivity contribution in [2.75, 3.05) is 19.0 Å². The molecule has 0 saturated carbocycles. The van der Waals surface area contributed by atoms with Crippen molar-refractivity contribution in [3.8, 4) is 5.75 Å². The summed E-state index contributed by atoms with van der Waals surface area (Å²) in [6, 6.07) is 6.02. The van der Waals surface area contributed by atoms with Crippen molar-refractivity contribution in [3.05, 3.63) is 23.8 Å². The van der Waals surface area contributed by atoms with Gasteiger partial charge in [0.15, 0.2) is 6.61 Å². The van der Waals surface area contributed by atoms with E-state index >= 15 is 0 Å². The monoisotopic (exact) mass is 268 g/mol. The second-order valence-corrected chi connectivity index (χ2v) is 5.04. The fourth-order valence-corrected chi connectivity index (χ4v) is 2.30. The minimum atomic E-state index is -0.332. The SMILES string of the molecule is CCCSc1ccc(OCC(=O)OCC)c(C)c1. The van der Waals surface area contributed by atoms with Crippen LogP contribution in [0.4, 0.5) is 0 Å². The van der Waals surface area contributed by atoms with Gasteiger partial charge in [-0.2, -0.15) is 0 Å². The third kappa shape index (κ3) is 5.00. The molecule has 0 saturated heterocycles. The predicted molar refractivity (Wildman–Crippen MR) is 74.3 cm³/mol. The molecule has 0 atom stereocenters. The van der Waals surface area contributed by atoms with E-state index in [0.29, 0.717) is 6.61 Å². The number of hydrogen-bond donors (Lipinski definition) is 0. The molecule has 1 aromatic carbocycles. The van der Waals surface area contributed by atoms with Crippen LogP contribution >= 0.6 is 11.8 Å². The molecular weight excluding hydrogens is 248 g/mol. The third-order valence-electron chi connectivity index (χ3n) is 2.27. The average Bonchev–Trinajstić information content (AvgIpc) is 2.35. The Balaban J connectivity index is 2.54. The van der Waals surface area contributed by atoms with Crippen LogP contribution in [0.1, 0.15) is 25.8 Å². The Labute approximate surface area is 113 Å². The summed E-state index contributed by atoms with van der Waals surface area (Å²) in [6.07, 6.45) is 1.16. The minimum absolute atomic E-state index is 0.0316. The summed E-state index contributed by atoms with van der Waals surface area (Å²) in [5.41, 5.74) is 1.04. The molecule has 0 aliphatic carbocycles. The Morgan fingerprint density at radius 1 is 1.33 bits per heavy atom. The lowest BCUT2D eigenvalue weighted by atomic mass is 10.2. The minimum Gasteiger partial charge on any atom is -0.482 e. The summed E-state index contributed by atoms with van der Waals surface area (Å²) < 4.78 is 10.2. The lowest BCUT2D eigenvalue weighted by Gasteiger charge is -2.10. The van der Waals surface area contributed by atoms with Crippen LogP contribution in [0.3, 0.4) is 0 Å². The molecule has 0 heterocycles. The van der Waals surface area contributed by atoms with E-state index in [2.05, 4.69) is 13.0 Å². The van der Waals surface area contributed by atoms with Crippen LogP contribution in [0.15, 0.2) is 23.1 Å². The summed E-state index contributed by atoms with van der Waals surface area (Å²) in [6.45, 7) is 6.28. The van der Waals surface area contributed by atoms with E-state index in [-0.39, 0.29) is 12.6 Å². The third-order valence-corrected chi connectivity index (χ3v) is 3.47. The van der Waals surface area contributed by atoms with Crippen LogP contribution in [0.5, 0.6) is 5.75 Å². The normalized spacial score (nSPS) is 10.2. The van der Waals surface area contributed by atoms with Crippen LogP contribution in [0.25, 0.3) is 0 Å². The molecule has 0 aliphatic heterocycles. The largest absolute Gasteiger partial charge is 0.482 e. The van der Waals surface area contributed by atoms with Gasteiger partial charge in [-0.3, -0.25) is 0 Å². The van der Waals surface area contributed by atoms with E-state index < -0.39 is 0 Å². The molecule has 0 spiro atoms. The molecule has 18 heavy (non-hydrogen) atoms. The number of carbonyl (C=O) groups excluding carboxylic acids is 1. The standard InChI is InChI=1S/C14H20O3S/c1-4-8-18-12-6-7-13(11(3)9-12)17-10-14(15)16-5-2/h6-7,9H,4-5,8,10H2,1-3H3. The topological polar surface area (TPSA) is 35.5 Å². The lowest BCUT2D eigenvalue weighted by Crippen LogP contribution is -2.14. The van der Waals surface area contributed by atoms with Gasteiger partial charge in [0.25, 0.3) is 0 Å². The molecule has 0 radical (unpaired) electrons. The maximum Gasteiger partial charge on any atom is 0.344 e. The lowest BCUT2D eigenvalue weighted by molar-refractivity contribution is -0.145. The van der Waals surface area contributed by atoms with Crippen LogP contribution in [-0.4, -0.2) is 24.9 Å². The van der Waals surface area contributed by atoms with Gasteiger partial charge in [-0.25, -0.2) is 4.79 Å². The molecule has 4 heteroatoms. The fraction of sp³-hybridized carbons (Fsp3) is 0.500. The zero-order chi connectivity index (χ0) is 13.4. The zero-order valence-electron chi connectivity index (χ0n) is 11.2. The molecular formula is C14H20O3S. The number of rotatable bonds is 7. The quantitative estimate of drug-likeness (QED) is 0.560. The smallest absolute Gasteiger partial charge is 0.344 e. The predicted octanol–water partition coefficient (Wildman–Crippen LogP) is 3.44. The molecule has 3 nitrogen and oxygen atoms in total. The van der Waals surface area contributed by atoms with E-state index in [4.69, 9.17) is 9.47 Å². The number of ether oxygens (including phenoxy) is 2. The van der Waals surface area contributed by atoms with E-state index in [1.54, 1.807) is 6.92 Å². The average molecular weight is 268 g/mol. The Bertz CT molecular complexity index is 391. The second-order valence-electron chi connectivity index (χ2n) is 3.87. The number of thioether (sulfide) groups is 1. The Morgan fingerprint density at radius 2 is 2.11 bits per heavy atom. The molecule has 0 aromatic heterocycles. The molecule has 1 rings (SSSR count). The highest BCUT2D eigenvalue weighted by molar-refractivity contribution is 7.99. The van der Waals surface area contributed by atoms with Gasteiger partial charge in [0.05, 0.1) is 6.61 Å². The van der Waals surface area contributed by atoms with Crippen molar-refractivity contribution in [2.45, 2.75) is 32.1 Å². The van der Waals surface area contributed by atoms with Crippen molar-refractivity contribution < 1.29 is 14.3 Å². The fourth-order valence-electron chi connectivity index (χ4n) is 1.43. The van der Waals surface area contributed by atoms with Crippen molar-refractivity contribution in [1.82, 2.24) is 0 Å². The first-order valence-electron chi connectivity index (χ1n) is 6.19. The molecule has 0 bridgehead atoms. The van der Waals surface area contributed by atoms with Gasteiger partial charge >= 0.3 is 5.97 Å². The Kier molecular flexibility index (Phi) is 6.65. The van der Waals surface area contributed by atoms with Gasteiger partial charge in [-0.1, -0.05) is 6.92 Å². The maximum absolute atomic E-state index is 11.2.